The zero-order chi connectivity index (χ0) is 19.0. The smallest absolute Gasteiger partial charge is 0.411 e. The summed E-state index contributed by atoms with van der Waals surface area (Å²) in [5, 5.41) is 2.99. The van der Waals surface area contributed by atoms with Crippen LogP contribution in [0.2, 0.25) is 0 Å². The quantitative estimate of drug-likeness (QED) is 0.499. The van der Waals surface area contributed by atoms with Gasteiger partial charge in [-0.25, -0.2) is 4.98 Å². The Morgan fingerprint density at radius 2 is 2.00 bits per heavy atom. The third kappa shape index (κ3) is 3.86. The molecule has 7 nitrogen and oxygen atoms in total. The number of amides is 1. The van der Waals surface area contributed by atoms with Crippen molar-refractivity contribution in [2.45, 2.75) is 13.8 Å². The minimum Gasteiger partial charge on any atom is -0.411 e. The molecule has 0 aliphatic rings. The molecule has 0 spiro atoms. The minimum absolute atomic E-state index is 0. The maximum atomic E-state index is 13.1. The van der Waals surface area contributed by atoms with E-state index >= 15 is 0 Å². The zero-order valence-electron chi connectivity index (χ0n) is 16.0. The van der Waals surface area contributed by atoms with Crippen molar-refractivity contribution in [1.82, 2.24) is 15.0 Å². The van der Waals surface area contributed by atoms with Crippen LogP contribution in [0.5, 0.6) is 0 Å². The molecule has 0 aliphatic heterocycles. The van der Waals surface area contributed by atoms with Crippen molar-refractivity contribution in [3.8, 4) is 0 Å². The molecule has 3 N–H and O–H groups in total. The largest absolute Gasteiger partial charge is 1.00 e. The van der Waals surface area contributed by atoms with Crippen LogP contribution in [0.25, 0.3) is 27.0 Å². The van der Waals surface area contributed by atoms with Gasteiger partial charge in [-0.05, 0) is 49.7 Å². The van der Waals surface area contributed by atoms with Crippen molar-refractivity contribution in [1.29, 1.82) is 0 Å². The molecule has 9 heteroatoms. The van der Waals surface area contributed by atoms with E-state index in [0.29, 0.717) is 16.6 Å². The topological polar surface area (TPSA) is 97.7 Å². The van der Waals surface area contributed by atoms with Gasteiger partial charge in [0, 0.05) is 30.2 Å². The molecule has 0 radical (unpaired) electrons. The first kappa shape index (κ1) is 20.6. The Balaban J connectivity index is 0.00000225. The number of hydrogen-bond acceptors (Lipinski definition) is 5. The number of imidazole rings is 1. The Hall–Kier alpha value is -2.13. The van der Waals surface area contributed by atoms with Crippen LogP contribution in [-0.2, 0) is 0 Å². The molecule has 2 aromatic carbocycles. The standard InChI is InChI=1S/C19H20N6OS.Na/c1-3-25(4-2)16-9-15-14(23-19(20)24-15)8-12(16)18(26)22-11-5-6-13-17(7-11)27-10-21-13;/h5-10H,3-4H2,1-2H3,(H4,20,22,23,24,26);/q;+1/p-1. The molecule has 2 heterocycles. The van der Waals surface area contributed by atoms with Gasteiger partial charge in [0.05, 0.1) is 27.0 Å². The van der Waals surface area contributed by atoms with E-state index < -0.39 is 0 Å². The third-order valence-electron chi connectivity index (χ3n) is 4.54. The molecule has 4 aromatic rings. The number of carbonyl (C=O) groups is 1. The van der Waals surface area contributed by atoms with E-state index in [2.05, 4.69) is 25.2 Å². The summed E-state index contributed by atoms with van der Waals surface area (Å²) in [6, 6.07) is 9.33. The second-order valence-corrected chi connectivity index (χ2v) is 7.02. The number of hydrogen-bond donors (Lipinski definition) is 2. The van der Waals surface area contributed by atoms with Crippen LogP contribution in [0, 0.1) is 0 Å². The molecular weight excluding hydrogens is 383 g/mol. The normalized spacial score (nSPS) is 10.8. The summed E-state index contributed by atoms with van der Waals surface area (Å²) in [7, 11) is 0. The molecule has 28 heavy (non-hydrogen) atoms. The van der Waals surface area contributed by atoms with Crippen LogP contribution < -0.4 is 39.8 Å². The second kappa shape index (κ2) is 8.48. The third-order valence-corrected chi connectivity index (χ3v) is 5.33. The monoisotopic (exact) mass is 402 g/mol. The summed E-state index contributed by atoms with van der Waals surface area (Å²) in [5.74, 6) is -0.104. The van der Waals surface area contributed by atoms with Gasteiger partial charge in [-0.15, -0.1) is 11.3 Å². The maximum absolute atomic E-state index is 13.1. The Kier molecular flexibility index (Phi) is 6.24. The number of rotatable bonds is 5. The summed E-state index contributed by atoms with van der Waals surface area (Å²) in [6.45, 7) is 5.64. The zero-order valence-corrected chi connectivity index (χ0v) is 18.9. The van der Waals surface area contributed by atoms with E-state index in [1.807, 2.05) is 38.1 Å². The van der Waals surface area contributed by atoms with Gasteiger partial charge in [0.2, 0.25) is 0 Å². The number of fused-ring (bicyclic) bond motifs is 2. The fourth-order valence-corrected chi connectivity index (χ4v) is 3.90. The molecule has 138 valence electrons. The molecule has 0 atom stereocenters. The van der Waals surface area contributed by atoms with Crippen LogP contribution in [0.15, 0.2) is 35.8 Å². The number of nitrogens with one attached hydrogen (secondary N) is 3. The number of aromatic nitrogens is 3. The Morgan fingerprint density at radius 3 is 2.75 bits per heavy atom. The molecule has 0 aliphatic carbocycles. The molecule has 0 bridgehead atoms. The van der Waals surface area contributed by atoms with E-state index in [1.165, 1.54) is 11.3 Å². The van der Waals surface area contributed by atoms with Gasteiger partial charge in [0.25, 0.3) is 5.91 Å². The molecule has 4 rings (SSSR count). The first-order chi connectivity index (χ1) is 13.1. The summed E-state index contributed by atoms with van der Waals surface area (Å²) >= 11 is 1.54. The average molecular weight is 402 g/mol. The minimum atomic E-state index is -0.191. The Morgan fingerprint density at radius 1 is 1.21 bits per heavy atom. The van der Waals surface area contributed by atoms with Crippen molar-refractivity contribution in [3.05, 3.63) is 47.1 Å². The van der Waals surface area contributed by atoms with Crippen molar-refractivity contribution < 1.29 is 34.4 Å². The molecule has 0 saturated carbocycles. The fraction of sp³-hybridized carbons (Fsp3) is 0.211. The predicted molar refractivity (Wildman–Crippen MR) is 111 cm³/mol. The van der Waals surface area contributed by atoms with E-state index in [0.717, 1.165) is 34.7 Å². The predicted octanol–water partition coefficient (Wildman–Crippen LogP) is 1.96. The molecule has 0 fully saturated rings. The molecular formula is C19H19N6NaOS. The molecule has 0 saturated heterocycles. The molecule has 1 amide bonds. The van der Waals surface area contributed by atoms with E-state index in [-0.39, 0.29) is 41.4 Å². The van der Waals surface area contributed by atoms with Crippen LogP contribution in [0.1, 0.15) is 24.2 Å². The van der Waals surface area contributed by atoms with Crippen LogP contribution in [0.3, 0.4) is 0 Å². The Bertz CT molecular complexity index is 1130. The van der Waals surface area contributed by atoms with Gasteiger partial charge < -0.3 is 25.9 Å². The number of carbonyl (C=O) groups excluding carboxylic acids is 1. The van der Waals surface area contributed by atoms with Crippen molar-refractivity contribution in [2.24, 2.45) is 0 Å². The van der Waals surface area contributed by atoms with Crippen LogP contribution in [-0.4, -0.2) is 33.9 Å². The molecule has 2 aromatic heterocycles. The van der Waals surface area contributed by atoms with Crippen LogP contribution in [0.4, 0.5) is 17.3 Å². The van der Waals surface area contributed by atoms with Gasteiger partial charge in [-0.1, -0.05) is 0 Å². The van der Waals surface area contributed by atoms with Crippen LogP contribution >= 0.6 is 11.3 Å². The summed E-state index contributed by atoms with van der Waals surface area (Å²) < 4.78 is 1.03. The maximum Gasteiger partial charge on any atom is 1.00 e. The van der Waals surface area contributed by atoms with Gasteiger partial charge in [-0.3, -0.25) is 4.79 Å². The van der Waals surface area contributed by atoms with Gasteiger partial charge in [0.1, 0.15) is 0 Å². The van der Waals surface area contributed by atoms with E-state index in [9.17, 15) is 4.79 Å². The number of nitrogens with zero attached hydrogens (tertiary/aromatic N) is 3. The van der Waals surface area contributed by atoms with Crippen molar-refractivity contribution in [2.75, 3.05) is 23.3 Å². The molecule has 0 unspecified atom stereocenters. The number of aromatic amines is 1. The number of benzene rings is 2. The first-order valence-electron chi connectivity index (χ1n) is 8.74. The van der Waals surface area contributed by atoms with E-state index in [4.69, 9.17) is 5.73 Å². The van der Waals surface area contributed by atoms with Gasteiger partial charge in [-0.2, -0.15) is 0 Å². The number of anilines is 2. The van der Waals surface area contributed by atoms with E-state index in [1.54, 1.807) is 11.6 Å². The average Bonchev–Trinajstić information content (AvgIpc) is 3.26. The number of thiazole rings is 1. The SMILES string of the molecule is CCN(CC)c1cc2nc([NH-])[nH]c2cc1C(=O)Nc1ccc2ncsc2c1.[Na+]. The van der Waals surface area contributed by atoms with Gasteiger partial charge in [0.15, 0.2) is 0 Å². The second-order valence-electron chi connectivity index (χ2n) is 6.13. The Labute approximate surface area is 188 Å². The van der Waals surface area contributed by atoms with Crippen molar-refractivity contribution in [3.63, 3.8) is 0 Å². The summed E-state index contributed by atoms with van der Waals surface area (Å²) in [4.78, 5) is 26.5. The van der Waals surface area contributed by atoms with Crippen molar-refractivity contribution >= 4 is 55.8 Å². The summed E-state index contributed by atoms with van der Waals surface area (Å²) in [6.07, 6.45) is 0. The fourth-order valence-electron chi connectivity index (χ4n) is 3.18. The number of H-pyrrole nitrogens is 1. The van der Waals surface area contributed by atoms with Gasteiger partial charge >= 0.3 is 29.6 Å². The first-order valence-corrected chi connectivity index (χ1v) is 9.62. The summed E-state index contributed by atoms with van der Waals surface area (Å²) in [5.41, 5.74) is 13.9.